The molecule has 3 nitrogen and oxygen atoms in total. The summed E-state index contributed by atoms with van der Waals surface area (Å²) in [7, 11) is 0. The van der Waals surface area contributed by atoms with Crippen LogP contribution in [0.2, 0.25) is 0 Å². The van der Waals surface area contributed by atoms with E-state index in [-0.39, 0.29) is 11.5 Å². The molecule has 0 saturated heterocycles. The summed E-state index contributed by atoms with van der Waals surface area (Å²) < 4.78 is 35.0. The molecule has 0 radical (unpaired) electrons. The zero-order chi connectivity index (χ0) is 12.8. The van der Waals surface area contributed by atoms with E-state index in [9.17, 15) is 8.78 Å². The molecular formula is C12H9F2NO2S. The normalized spacial score (nSPS) is 17.7. The van der Waals surface area contributed by atoms with Crippen LogP contribution in [0.5, 0.6) is 11.5 Å². The van der Waals surface area contributed by atoms with Crippen molar-refractivity contribution in [1.29, 1.82) is 0 Å². The van der Waals surface area contributed by atoms with Gasteiger partial charge in [0.1, 0.15) is 0 Å². The van der Waals surface area contributed by atoms with Crippen molar-refractivity contribution >= 4 is 11.3 Å². The number of fused-ring (bicyclic) bond motifs is 1. The van der Waals surface area contributed by atoms with E-state index in [1.54, 1.807) is 12.1 Å². The molecule has 18 heavy (non-hydrogen) atoms. The Morgan fingerprint density at radius 1 is 1.22 bits per heavy atom. The lowest BCUT2D eigenvalue weighted by molar-refractivity contribution is -0.287. The van der Waals surface area contributed by atoms with Crippen LogP contribution in [-0.2, 0) is 0 Å². The number of alkyl halides is 2. The topological polar surface area (TPSA) is 44.5 Å². The third-order valence-electron chi connectivity index (χ3n) is 2.70. The molecule has 3 rings (SSSR count). The van der Waals surface area contributed by atoms with Gasteiger partial charge in [-0.05, 0) is 28.5 Å². The smallest absolute Gasteiger partial charge is 0.395 e. The second-order valence-electron chi connectivity index (χ2n) is 3.88. The molecule has 1 atom stereocenters. The molecule has 0 unspecified atom stereocenters. The minimum absolute atomic E-state index is 0.0150. The largest absolute Gasteiger partial charge is 0.586 e. The average molecular weight is 269 g/mol. The van der Waals surface area contributed by atoms with E-state index in [1.165, 1.54) is 17.4 Å². The molecule has 0 bridgehead atoms. The van der Waals surface area contributed by atoms with Gasteiger partial charge in [-0.1, -0.05) is 12.1 Å². The van der Waals surface area contributed by atoms with Gasteiger partial charge in [0.25, 0.3) is 0 Å². The van der Waals surface area contributed by atoms with Crippen molar-refractivity contribution in [3.8, 4) is 11.5 Å². The highest BCUT2D eigenvalue weighted by Gasteiger charge is 2.44. The van der Waals surface area contributed by atoms with Crippen LogP contribution in [0.25, 0.3) is 0 Å². The number of rotatable bonds is 2. The van der Waals surface area contributed by atoms with Crippen molar-refractivity contribution in [2.75, 3.05) is 0 Å². The molecule has 0 spiro atoms. The van der Waals surface area contributed by atoms with Gasteiger partial charge in [0.05, 0.1) is 6.04 Å². The molecule has 1 aliphatic rings. The maximum Gasteiger partial charge on any atom is 0.586 e. The SMILES string of the molecule is N[C@H](c1ccsc1)c1cccc2c1OC(F)(F)O2. The lowest BCUT2D eigenvalue weighted by atomic mass is 10.0. The highest BCUT2D eigenvalue weighted by atomic mass is 32.1. The third kappa shape index (κ3) is 1.83. The number of hydrogen-bond donors (Lipinski definition) is 1. The Morgan fingerprint density at radius 2 is 2.06 bits per heavy atom. The molecule has 1 aromatic heterocycles. The van der Waals surface area contributed by atoms with E-state index in [4.69, 9.17) is 5.73 Å². The van der Waals surface area contributed by atoms with Crippen LogP contribution in [0, 0.1) is 0 Å². The summed E-state index contributed by atoms with van der Waals surface area (Å²) in [6.07, 6.45) is -3.62. The Labute approximate surface area is 106 Å². The average Bonchev–Trinajstić information content (AvgIpc) is 2.91. The molecule has 2 aromatic rings. The van der Waals surface area contributed by atoms with Crippen LogP contribution >= 0.6 is 11.3 Å². The molecule has 94 valence electrons. The third-order valence-corrected chi connectivity index (χ3v) is 3.40. The molecule has 1 aliphatic heterocycles. The van der Waals surface area contributed by atoms with Gasteiger partial charge in [0, 0.05) is 5.56 Å². The van der Waals surface area contributed by atoms with Crippen LogP contribution in [0.1, 0.15) is 17.2 Å². The summed E-state index contributed by atoms with van der Waals surface area (Å²) in [5.41, 5.74) is 7.39. The minimum atomic E-state index is -3.62. The fraction of sp³-hybridized carbons (Fsp3) is 0.167. The summed E-state index contributed by atoms with van der Waals surface area (Å²) in [5.74, 6) is 0.0318. The van der Waals surface area contributed by atoms with Crippen LogP contribution < -0.4 is 15.2 Å². The molecule has 0 aliphatic carbocycles. The Balaban J connectivity index is 2.03. The lowest BCUT2D eigenvalue weighted by Crippen LogP contribution is -2.26. The highest BCUT2D eigenvalue weighted by molar-refractivity contribution is 7.08. The number of halogens is 2. The first kappa shape index (κ1) is 11.4. The summed E-state index contributed by atoms with van der Waals surface area (Å²) in [4.78, 5) is 0. The minimum Gasteiger partial charge on any atom is -0.395 e. The molecule has 6 heteroatoms. The molecule has 0 fully saturated rings. The van der Waals surface area contributed by atoms with E-state index in [1.807, 2.05) is 16.8 Å². The molecule has 2 heterocycles. The van der Waals surface area contributed by atoms with E-state index in [0.29, 0.717) is 5.56 Å². The quantitative estimate of drug-likeness (QED) is 0.911. The van der Waals surface area contributed by atoms with Gasteiger partial charge in [-0.3, -0.25) is 0 Å². The number of nitrogens with two attached hydrogens (primary N) is 1. The fourth-order valence-electron chi connectivity index (χ4n) is 1.87. The van der Waals surface area contributed by atoms with Gasteiger partial charge in [0.2, 0.25) is 0 Å². The van der Waals surface area contributed by atoms with Gasteiger partial charge in [-0.15, -0.1) is 8.78 Å². The number of thiophene rings is 1. The summed E-state index contributed by atoms with van der Waals surface area (Å²) in [5, 5.41) is 3.75. The second-order valence-corrected chi connectivity index (χ2v) is 4.66. The fourth-order valence-corrected chi connectivity index (χ4v) is 2.56. The molecule has 0 amide bonds. The molecule has 2 N–H and O–H groups in total. The number of hydrogen-bond acceptors (Lipinski definition) is 4. The van der Waals surface area contributed by atoms with Gasteiger partial charge in [0.15, 0.2) is 11.5 Å². The van der Waals surface area contributed by atoms with Crippen molar-refractivity contribution in [3.63, 3.8) is 0 Å². The standard InChI is InChI=1S/C12H9F2NO2S/c13-12(14)16-9-3-1-2-8(11(9)17-12)10(15)7-4-5-18-6-7/h1-6,10H,15H2/t10-/m1/s1. The van der Waals surface area contributed by atoms with E-state index < -0.39 is 12.3 Å². The van der Waals surface area contributed by atoms with Crippen molar-refractivity contribution in [3.05, 3.63) is 46.2 Å². The Kier molecular flexibility index (Phi) is 2.49. The number of para-hydroxylation sites is 1. The van der Waals surface area contributed by atoms with Crippen molar-refractivity contribution < 1.29 is 18.3 Å². The van der Waals surface area contributed by atoms with E-state index in [0.717, 1.165) is 5.56 Å². The van der Waals surface area contributed by atoms with Crippen LogP contribution in [0.4, 0.5) is 8.78 Å². The van der Waals surface area contributed by atoms with Gasteiger partial charge in [-0.2, -0.15) is 11.3 Å². The van der Waals surface area contributed by atoms with Crippen molar-refractivity contribution in [2.24, 2.45) is 5.73 Å². The molecule has 1 aromatic carbocycles. The first-order valence-corrected chi connectivity index (χ1v) is 6.17. The Bertz CT molecular complexity index is 571. The first-order valence-electron chi connectivity index (χ1n) is 5.23. The van der Waals surface area contributed by atoms with E-state index in [2.05, 4.69) is 9.47 Å². The predicted octanol–water partition coefficient (Wildman–Crippen LogP) is 3.12. The van der Waals surface area contributed by atoms with Gasteiger partial charge >= 0.3 is 6.29 Å². The predicted molar refractivity (Wildman–Crippen MR) is 63.0 cm³/mol. The highest BCUT2D eigenvalue weighted by Crippen LogP contribution is 2.45. The zero-order valence-electron chi connectivity index (χ0n) is 9.10. The van der Waals surface area contributed by atoms with Gasteiger partial charge in [-0.25, -0.2) is 0 Å². The monoisotopic (exact) mass is 269 g/mol. The molecular weight excluding hydrogens is 260 g/mol. The Morgan fingerprint density at radius 3 is 2.78 bits per heavy atom. The van der Waals surface area contributed by atoms with E-state index >= 15 is 0 Å². The van der Waals surface area contributed by atoms with Crippen molar-refractivity contribution in [1.82, 2.24) is 0 Å². The number of ether oxygens (including phenoxy) is 2. The number of benzene rings is 1. The second kappa shape index (κ2) is 3.93. The van der Waals surface area contributed by atoms with Crippen molar-refractivity contribution in [2.45, 2.75) is 12.3 Å². The maximum atomic E-state index is 13.0. The van der Waals surface area contributed by atoms with Crippen LogP contribution in [0.15, 0.2) is 35.0 Å². The maximum absolute atomic E-state index is 13.0. The molecule has 0 saturated carbocycles. The summed E-state index contributed by atoms with van der Waals surface area (Å²) in [6.45, 7) is 0. The Hall–Kier alpha value is -1.66. The van der Waals surface area contributed by atoms with Gasteiger partial charge < -0.3 is 15.2 Å². The zero-order valence-corrected chi connectivity index (χ0v) is 9.92. The van der Waals surface area contributed by atoms with Crippen LogP contribution in [-0.4, -0.2) is 6.29 Å². The summed E-state index contributed by atoms with van der Waals surface area (Å²) >= 11 is 1.50. The lowest BCUT2D eigenvalue weighted by Gasteiger charge is -2.13. The summed E-state index contributed by atoms with van der Waals surface area (Å²) in [6, 6.07) is 6.04. The first-order chi connectivity index (χ1) is 8.57. The van der Waals surface area contributed by atoms with Crippen LogP contribution in [0.3, 0.4) is 0 Å².